The molecular formula is C10H20N2O2. The zero-order valence-electron chi connectivity index (χ0n) is 8.78. The molecule has 1 amide bonds. The smallest absolute Gasteiger partial charge is 0.239 e. The van der Waals surface area contributed by atoms with E-state index in [1.807, 2.05) is 4.90 Å². The van der Waals surface area contributed by atoms with Crippen LogP contribution in [0.15, 0.2) is 0 Å². The minimum absolute atomic E-state index is 0.0311. The van der Waals surface area contributed by atoms with Crippen LogP contribution in [0.5, 0.6) is 0 Å². The van der Waals surface area contributed by atoms with Gasteiger partial charge in [0.05, 0.1) is 6.04 Å². The first-order chi connectivity index (χ1) is 6.65. The number of amides is 1. The zero-order chi connectivity index (χ0) is 10.6. The van der Waals surface area contributed by atoms with Crippen LogP contribution in [0.4, 0.5) is 0 Å². The molecule has 14 heavy (non-hydrogen) atoms. The SMILES string of the molecule is C[C@H](N)C(=O)N1CCCC(CO)CC1. The summed E-state index contributed by atoms with van der Waals surface area (Å²) in [5.74, 6) is 0.393. The molecule has 82 valence electrons. The van der Waals surface area contributed by atoms with Gasteiger partial charge in [0.25, 0.3) is 0 Å². The molecule has 1 fully saturated rings. The second-order valence-electron chi connectivity index (χ2n) is 4.09. The summed E-state index contributed by atoms with van der Waals surface area (Å²) >= 11 is 0. The van der Waals surface area contributed by atoms with Gasteiger partial charge in [-0.3, -0.25) is 4.79 Å². The fourth-order valence-electron chi connectivity index (χ4n) is 1.86. The Kier molecular flexibility index (Phi) is 4.35. The molecule has 0 aromatic rings. The molecule has 3 N–H and O–H groups in total. The number of rotatable bonds is 2. The Morgan fingerprint density at radius 1 is 1.57 bits per heavy atom. The Balaban J connectivity index is 2.45. The van der Waals surface area contributed by atoms with Crippen LogP contribution in [-0.4, -0.2) is 41.7 Å². The molecule has 0 aliphatic carbocycles. The molecule has 0 aromatic heterocycles. The zero-order valence-corrected chi connectivity index (χ0v) is 8.78. The number of nitrogens with two attached hydrogens (primary N) is 1. The van der Waals surface area contributed by atoms with Crippen molar-refractivity contribution in [2.75, 3.05) is 19.7 Å². The maximum atomic E-state index is 11.6. The van der Waals surface area contributed by atoms with E-state index in [0.29, 0.717) is 5.92 Å². The van der Waals surface area contributed by atoms with Crippen LogP contribution in [-0.2, 0) is 4.79 Å². The fraction of sp³-hybridized carbons (Fsp3) is 0.900. The second kappa shape index (κ2) is 5.32. The molecule has 1 rings (SSSR count). The molecule has 1 aliphatic heterocycles. The van der Waals surface area contributed by atoms with Crippen molar-refractivity contribution < 1.29 is 9.90 Å². The standard InChI is InChI=1S/C10H20N2O2/c1-8(11)10(14)12-5-2-3-9(7-13)4-6-12/h8-9,13H,2-7,11H2,1H3/t8-,9?/m0/s1. The van der Waals surface area contributed by atoms with Gasteiger partial charge in [0.15, 0.2) is 0 Å². The molecule has 1 heterocycles. The highest BCUT2D eigenvalue weighted by atomic mass is 16.3. The number of carbonyl (C=O) groups excluding carboxylic acids is 1. The van der Waals surface area contributed by atoms with Crippen molar-refractivity contribution in [3.8, 4) is 0 Å². The maximum absolute atomic E-state index is 11.6. The van der Waals surface area contributed by atoms with Gasteiger partial charge in [0.1, 0.15) is 0 Å². The van der Waals surface area contributed by atoms with E-state index in [9.17, 15) is 4.79 Å². The molecule has 0 bridgehead atoms. The normalized spacial score (nSPS) is 25.6. The molecule has 0 spiro atoms. The quantitative estimate of drug-likeness (QED) is 0.657. The first kappa shape index (κ1) is 11.5. The summed E-state index contributed by atoms with van der Waals surface area (Å²) in [7, 11) is 0. The predicted octanol–water partition coefficient (Wildman–Crippen LogP) is -0.0454. The van der Waals surface area contributed by atoms with Crippen molar-refractivity contribution in [1.29, 1.82) is 0 Å². The first-order valence-electron chi connectivity index (χ1n) is 5.30. The number of aliphatic hydroxyl groups excluding tert-OH is 1. The van der Waals surface area contributed by atoms with E-state index in [4.69, 9.17) is 10.8 Å². The molecule has 4 heteroatoms. The molecule has 4 nitrogen and oxygen atoms in total. The van der Waals surface area contributed by atoms with E-state index in [1.54, 1.807) is 6.92 Å². The van der Waals surface area contributed by atoms with Gasteiger partial charge < -0.3 is 15.7 Å². The van der Waals surface area contributed by atoms with Crippen LogP contribution in [0, 0.1) is 5.92 Å². The predicted molar refractivity (Wildman–Crippen MR) is 54.7 cm³/mol. The highest BCUT2D eigenvalue weighted by molar-refractivity contribution is 5.81. The average molecular weight is 200 g/mol. The first-order valence-corrected chi connectivity index (χ1v) is 5.30. The topological polar surface area (TPSA) is 66.6 Å². The van der Waals surface area contributed by atoms with Crippen LogP contribution in [0.25, 0.3) is 0 Å². The number of likely N-dealkylation sites (tertiary alicyclic amines) is 1. The van der Waals surface area contributed by atoms with Gasteiger partial charge in [-0.05, 0) is 32.1 Å². The van der Waals surface area contributed by atoms with Crippen LogP contribution < -0.4 is 5.73 Å². The van der Waals surface area contributed by atoms with Gasteiger partial charge in [-0.25, -0.2) is 0 Å². The number of hydrogen-bond donors (Lipinski definition) is 2. The number of nitrogens with zero attached hydrogens (tertiary/aromatic N) is 1. The Labute approximate surface area is 85.1 Å². The summed E-state index contributed by atoms with van der Waals surface area (Å²) in [6, 6.07) is -0.402. The van der Waals surface area contributed by atoms with E-state index in [-0.39, 0.29) is 12.5 Å². The van der Waals surface area contributed by atoms with E-state index in [2.05, 4.69) is 0 Å². The number of carbonyl (C=O) groups is 1. The summed E-state index contributed by atoms with van der Waals surface area (Å²) in [6.45, 7) is 3.49. The van der Waals surface area contributed by atoms with Gasteiger partial charge in [0.2, 0.25) is 5.91 Å². The highest BCUT2D eigenvalue weighted by Gasteiger charge is 2.21. The lowest BCUT2D eigenvalue weighted by Gasteiger charge is -2.22. The summed E-state index contributed by atoms with van der Waals surface area (Å²) in [5.41, 5.74) is 5.54. The van der Waals surface area contributed by atoms with E-state index >= 15 is 0 Å². The van der Waals surface area contributed by atoms with Crippen LogP contribution in [0.2, 0.25) is 0 Å². The monoisotopic (exact) mass is 200 g/mol. The van der Waals surface area contributed by atoms with Crippen molar-refractivity contribution >= 4 is 5.91 Å². The Bertz CT molecular complexity index is 195. The summed E-state index contributed by atoms with van der Waals surface area (Å²) in [5, 5.41) is 9.02. The average Bonchev–Trinajstić information content (AvgIpc) is 2.41. The molecular weight excluding hydrogens is 180 g/mol. The largest absolute Gasteiger partial charge is 0.396 e. The van der Waals surface area contributed by atoms with E-state index < -0.39 is 6.04 Å². The van der Waals surface area contributed by atoms with Gasteiger partial charge in [-0.2, -0.15) is 0 Å². The van der Waals surface area contributed by atoms with Crippen molar-refractivity contribution in [1.82, 2.24) is 4.90 Å². The number of hydrogen-bond acceptors (Lipinski definition) is 3. The third kappa shape index (κ3) is 2.96. The Morgan fingerprint density at radius 2 is 2.29 bits per heavy atom. The highest BCUT2D eigenvalue weighted by Crippen LogP contribution is 2.16. The second-order valence-corrected chi connectivity index (χ2v) is 4.09. The van der Waals surface area contributed by atoms with Gasteiger partial charge in [-0.1, -0.05) is 0 Å². The fourth-order valence-corrected chi connectivity index (χ4v) is 1.86. The summed E-state index contributed by atoms with van der Waals surface area (Å²) in [6.07, 6.45) is 2.89. The van der Waals surface area contributed by atoms with Gasteiger partial charge in [0, 0.05) is 19.7 Å². The van der Waals surface area contributed by atoms with Crippen LogP contribution >= 0.6 is 0 Å². The van der Waals surface area contributed by atoms with Crippen LogP contribution in [0.3, 0.4) is 0 Å². The third-order valence-electron chi connectivity index (χ3n) is 2.81. The van der Waals surface area contributed by atoms with E-state index in [0.717, 1.165) is 32.4 Å². The molecule has 0 aromatic carbocycles. The third-order valence-corrected chi connectivity index (χ3v) is 2.81. The molecule has 1 unspecified atom stereocenters. The lowest BCUT2D eigenvalue weighted by atomic mass is 10.0. The van der Waals surface area contributed by atoms with Crippen molar-refractivity contribution in [2.45, 2.75) is 32.2 Å². The van der Waals surface area contributed by atoms with Crippen molar-refractivity contribution in [3.05, 3.63) is 0 Å². The van der Waals surface area contributed by atoms with Gasteiger partial charge >= 0.3 is 0 Å². The Morgan fingerprint density at radius 3 is 2.86 bits per heavy atom. The lowest BCUT2D eigenvalue weighted by Crippen LogP contribution is -2.42. The van der Waals surface area contributed by atoms with Crippen LogP contribution in [0.1, 0.15) is 26.2 Å². The van der Waals surface area contributed by atoms with E-state index in [1.165, 1.54) is 0 Å². The minimum atomic E-state index is -0.402. The summed E-state index contributed by atoms with van der Waals surface area (Å²) in [4.78, 5) is 13.4. The molecule has 1 aliphatic rings. The maximum Gasteiger partial charge on any atom is 0.239 e. The van der Waals surface area contributed by atoms with Crippen molar-refractivity contribution in [3.63, 3.8) is 0 Å². The minimum Gasteiger partial charge on any atom is -0.396 e. The molecule has 2 atom stereocenters. The Hall–Kier alpha value is -0.610. The number of aliphatic hydroxyl groups is 1. The van der Waals surface area contributed by atoms with Crippen molar-refractivity contribution in [2.24, 2.45) is 11.7 Å². The molecule has 0 saturated carbocycles. The lowest BCUT2D eigenvalue weighted by molar-refractivity contribution is -0.132. The molecule has 0 radical (unpaired) electrons. The van der Waals surface area contributed by atoms with Gasteiger partial charge in [-0.15, -0.1) is 0 Å². The summed E-state index contributed by atoms with van der Waals surface area (Å²) < 4.78 is 0. The molecule has 1 saturated heterocycles.